The van der Waals surface area contributed by atoms with Crippen LogP contribution in [0.2, 0.25) is 0 Å². The molecule has 1 radical (unpaired) electrons. The Hall–Kier alpha value is -0.0800. The van der Waals surface area contributed by atoms with Crippen molar-refractivity contribution in [2.75, 3.05) is 20.1 Å². The van der Waals surface area contributed by atoms with Gasteiger partial charge in [-0.05, 0) is 19.9 Å². The van der Waals surface area contributed by atoms with Crippen LogP contribution in [0.4, 0.5) is 0 Å². The summed E-state index contributed by atoms with van der Waals surface area (Å²) in [6, 6.07) is 0.778. The fraction of sp³-hybridized carbons (Fsp3) is 0.900. The molecule has 0 amide bonds. The highest BCUT2D eigenvalue weighted by atomic mass is 15.3. The maximum absolute atomic E-state index is 3.91. The Bertz CT molecular complexity index is 169. The van der Waals surface area contributed by atoms with Gasteiger partial charge < -0.3 is 5.32 Å². The Morgan fingerprint density at radius 2 is 2.50 bits per heavy atom. The summed E-state index contributed by atoms with van der Waals surface area (Å²) in [5.74, 6) is 0. The second-order valence-electron chi connectivity index (χ2n) is 4.34. The van der Waals surface area contributed by atoms with Crippen molar-refractivity contribution in [3.63, 3.8) is 0 Å². The molecule has 2 bridgehead atoms. The minimum absolute atomic E-state index is 0.502. The molecule has 0 aromatic rings. The third-order valence-electron chi connectivity index (χ3n) is 3.54. The fourth-order valence-electron chi connectivity index (χ4n) is 2.72. The van der Waals surface area contributed by atoms with Gasteiger partial charge >= 0.3 is 0 Å². The van der Waals surface area contributed by atoms with Gasteiger partial charge in [0.1, 0.15) is 0 Å². The van der Waals surface area contributed by atoms with E-state index in [2.05, 4.69) is 24.2 Å². The quantitative estimate of drug-likeness (QED) is 0.675. The van der Waals surface area contributed by atoms with E-state index in [1.807, 2.05) is 0 Å². The van der Waals surface area contributed by atoms with Crippen LogP contribution in [0.15, 0.2) is 0 Å². The van der Waals surface area contributed by atoms with Crippen LogP contribution in [-0.2, 0) is 0 Å². The summed E-state index contributed by atoms with van der Waals surface area (Å²) < 4.78 is 0. The van der Waals surface area contributed by atoms with Gasteiger partial charge in [0.2, 0.25) is 0 Å². The largest absolute Gasteiger partial charge is 0.311 e. The summed E-state index contributed by atoms with van der Waals surface area (Å²) in [7, 11) is 2.27. The first-order chi connectivity index (χ1) is 5.77. The van der Waals surface area contributed by atoms with E-state index in [1.165, 1.54) is 32.4 Å². The van der Waals surface area contributed by atoms with E-state index in [9.17, 15) is 0 Å². The molecule has 2 aliphatic rings. The van der Waals surface area contributed by atoms with Gasteiger partial charge in [0.15, 0.2) is 0 Å². The van der Waals surface area contributed by atoms with Crippen molar-refractivity contribution >= 4 is 0 Å². The van der Waals surface area contributed by atoms with Crippen molar-refractivity contribution in [1.29, 1.82) is 0 Å². The van der Waals surface area contributed by atoms with E-state index in [-0.39, 0.29) is 0 Å². The molecule has 2 atom stereocenters. The van der Waals surface area contributed by atoms with Crippen LogP contribution < -0.4 is 5.32 Å². The zero-order valence-electron chi connectivity index (χ0n) is 7.97. The maximum Gasteiger partial charge on any atom is 0.0346 e. The Labute approximate surface area is 75.3 Å². The van der Waals surface area contributed by atoms with Gasteiger partial charge in [-0.15, -0.1) is 0 Å². The van der Waals surface area contributed by atoms with Crippen LogP contribution in [-0.4, -0.2) is 36.6 Å². The Balaban J connectivity index is 1.98. The molecule has 2 unspecified atom stereocenters. The van der Waals surface area contributed by atoms with Crippen molar-refractivity contribution in [1.82, 2.24) is 10.2 Å². The lowest BCUT2D eigenvalue weighted by Crippen LogP contribution is -2.50. The Morgan fingerprint density at radius 1 is 1.67 bits per heavy atom. The molecule has 2 rings (SSSR count). The van der Waals surface area contributed by atoms with Crippen LogP contribution >= 0.6 is 0 Å². The van der Waals surface area contributed by atoms with Gasteiger partial charge in [-0.1, -0.05) is 19.8 Å². The van der Waals surface area contributed by atoms with Gasteiger partial charge in [-0.3, -0.25) is 4.90 Å². The van der Waals surface area contributed by atoms with E-state index in [0.717, 1.165) is 12.5 Å². The standard InChI is InChI=1S/C10H19N2/c1-3-4-5-10-6-9(11-8-10)7-12(10)2/h9,11H,1,3-8H2,2H3. The summed E-state index contributed by atoms with van der Waals surface area (Å²) in [5.41, 5.74) is 0.502. The highest BCUT2D eigenvalue weighted by Crippen LogP contribution is 2.36. The van der Waals surface area contributed by atoms with Gasteiger partial charge in [-0.2, -0.15) is 0 Å². The molecule has 2 saturated heterocycles. The molecular weight excluding hydrogens is 148 g/mol. The maximum atomic E-state index is 3.91. The van der Waals surface area contributed by atoms with Gasteiger partial charge in [0, 0.05) is 24.7 Å². The van der Waals surface area contributed by atoms with E-state index in [4.69, 9.17) is 0 Å². The number of rotatable bonds is 3. The summed E-state index contributed by atoms with van der Waals surface area (Å²) in [4.78, 5) is 2.55. The van der Waals surface area contributed by atoms with E-state index in [1.54, 1.807) is 0 Å². The third kappa shape index (κ3) is 1.17. The molecule has 0 spiro atoms. The van der Waals surface area contributed by atoms with Crippen molar-refractivity contribution in [2.24, 2.45) is 0 Å². The molecule has 69 valence electrons. The number of piperazine rings is 1. The van der Waals surface area contributed by atoms with Crippen molar-refractivity contribution in [3.8, 4) is 0 Å². The van der Waals surface area contributed by atoms with Crippen molar-refractivity contribution in [2.45, 2.75) is 37.3 Å². The number of nitrogens with zero attached hydrogens (tertiary/aromatic N) is 1. The second kappa shape index (κ2) is 3.00. The van der Waals surface area contributed by atoms with Crippen molar-refractivity contribution < 1.29 is 0 Å². The summed E-state index contributed by atoms with van der Waals surface area (Å²) >= 11 is 0. The lowest BCUT2D eigenvalue weighted by atomic mass is 9.92. The topological polar surface area (TPSA) is 15.3 Å². The first kappa shape index (κ1) is 8.52. The van der Waals surface area contributed by atoms with Gasteiger partial charge in [0.25, 0.3) is 0 Å². The number of likely N-dealkylation sites (N-methyl/N-ethyl adjacent to an activating group) is 1. The van der Waals surface area contributed by atoms with E-state index in [0.29, 0.717) is 5.54 Å². The molecule has 2 aliphatic heterocycles. The average Bonchev–Trinajstić information content (AvgIpc) is 2.58. The molecule has 0 aromatic heterocycles. The van der Waals surface area contributed by atoms with Crippen molar-refractivity contribution in [3.05, 3.63) is 6.92 Å². The number of hydrogen-bond acceptors (Lipinski definition) is 2. The predicted octanol–water partition coefficient (Wildman–Crippen LogP) is 1.04. The highest BCUT2D eigenvalue weighted by Gasteiger charge is 2.47. The molecule has 1 N–H and O–H groups in total. The number of likely N-dealkylation sites (tertiary alicyclic amines) is 1. The van der Waals surface area contributed by atoms with E-state index < -0.39 is 0 Å². The first-order valence-corrected chi connectivity index (χ1v) is 5.01. The van der Waals surface area contributed by atoms with Crippen LogP contribution in [0, 0.1) is 6.92 Å². The molecule has 0 saturated carbocycles. The molecule has 2 heterocycles. The monoisotopic (exact) mass is 167 g/mol. The van der Waals surface area contributed by atoms with Crippen LogP contribution in [0.5, 0.6) is 0 Å². The highest BCUT2D eigenvalue weighted by molar-refractivity contribution is 5.08. The summed E-state index contributed by atoms with van der Waals surface area (Å²) in [5, 5.41) is 3.57. The number of fused-ring (bicyclic) bond motifs is 2. The lowest BCUT2D eigenvalue weighted by Gasteiger charge is -2.36. The molecule has 0 aromatic carbocycles. The smallest absolute Gasteiger partial charge is 0.0346 e. The minimum atomic E-state index is 0.502. The molecule has 2 heteroatoms. The number of nitrogens with one attached hydrogen (secondary N) is 1. The number of hydrogen-bond donors (Lipinski definition) is 1. The molecule has 12 heavy (non-hydrogen) atoms. The molecule has 2 nitrogen and oxygen atoms in total. The average molecular weight is 167 g/mol. The zero-order valence-corrected chi connectivity index (χ0v) is 7.97. The summed E-state index contributed by atoms with van der Waals surface area (Å²) in [6.45, 7) is 6.36. The molecule has 2 fully saturated rings. The van der Waals surface area contributed by atoms with Gasteiger partial charge in [-0.25, -0.2) is 0 Å². The first-order valence-electron chi connectivity index (χ1n) is 5.01. The number of unbranched alkanes of at least 4 members (excludes halogenated alkanes) is 1. The van der Waals surface area contributed by atoms with E-state index >= 15 is 0 Å². The third-order valence-corrected chi connectivity index (χ3v) is 3.54. The zero-order chi connectivity index (χ0) is 8.60. The Kier molecular flexibility index (Phi) is 2.13. The van der Waals surface area contributed by atoms with Crippen LogP contribution in [0.1, 0.15) is 25.7 Å². The normalized spacial score (nSPS) is 41.0. The van der Waals surface area contributed by atoms with Gasteiger partial charge in [0.05, 0.1) is 0 Å². The molecule has 0 aliphatic carbocycles. The fourth-order valence-corrected chi connectivity index (χ4v) is 2.72. The van der Waals surface area contributed by atoms with Crippen LogP contribution in [0.3, 0.4) is 0 Å². The Morgan fingerprint density at radius 3 is 3.00 bits per heavy atom. The lowest BCUT2D eigenvalue weighted by molar-refractivity contribution is 0.150. The second-order valence-corrected chi connectivity index (χ2v) is 4.34. The summed E-state index contributed by atoms with van der Waals surface area (Å²) in [6.07, 6.45) is 5.05. The predicted molar refractivity (Wildman–Crippen MR) is 51.0 cm³/mol. The van der Waals surface area contributed by atoms with Crippen LogP contribution in [0.25, 0.3) is 0 Å². The minimum Gasteiger partial charge on any atom is -0.311 e. The molecular formula is C10H19N2. The SMILES string of the molecule is [CH2]CCCC12CNC(CN1C)C2.